The van der Waals surface area contributed by atoms with Gasteiger partial charge in [-0.15, -0.1) is 0 Å². The van der Waals surface area contributed by atoms with Crippen LogP contribution in [0.4, 0.5) is 0 Å². The molecule has 0 bridgehead atoms. The van der Waals surface area contributed by atoms with E-state index in [2.05, 4.69) is 4.28 Å². The number of nitrogens with one attached hydrogen (secondary N) is 2. The van der Waals surface area contributed by atoms with E-state index in [9.17, 15) is 8.42 Å². The number of hydrogen-bond acceptors (Lipinski definition) is 5. The topological polar surface area (TPSA) is 87.7 Å². The molecule has 0 aliphatic carbocycles. The first-order chi connectivity index (χ1) is 3.62. The SMILES string of the molecule is CNOS(=O)(=O)NO. The van der Waals surface area contributed by atoms with Crippen LogP contribution in [0.25, 0.3) is 0 Å². The first-order valence-electron chi connectivity index (χ1n) is 1.63. The highest BCUT2D eigenvalue weighted by Crippen LogP contribution is 1.75. The Morgan fingerprint density at radius 1 is 1.62 bits per heavy atom. The summed E-state index contributed by atoms with van der Waals surface area (Å²) < 4.78 is 23.6. The Hall–Kier alpha value is -0.210. The van der Waals surface area contributed by atoms with Crippen LogP contribution in [0.15, 0.2) is 0 Å². The molecule has 0 aromatic rings. The molecule has 0 saturated carbocycles. The van der Waals surface area contributed by atoms with E-state index in [4.69, 9.17) is 5.21 Å². The second-order valence-corrected chi connectivity index (χ2v) is 2.09. The van der Waals surface area contributed by atoms with E-state index in [-0.39, 0.29) is 0 Å². The maximum atomic E-state index is 9.95. The zero-order valence-electron chi connectivity index (χ0n) is 4.08. The van der Waals surface area contributed by atoms with Crippen molar-refractivity contribution in [2.45, 2.75) is 0 Å². The Kier molecular flexibility index (Phi) is 2.87. The van der Waals surface area contributed by atoms with Gasteiger partial charge in [-0.05, 0) is 0 Å². The summed E-state index contributed by atoms with van der Waals surface area (Å²) >= 11 is 0. The normalized spacial score (nSPS) is 11.8. The first-order valence-corrected chi connectivity index (χ1v) is 3.04. The Morgan fingerprint density at radius 2 is 2.12 bits per heavy atom. The quantitative estimate of drug-likeness (QED) is 0.411. The van der Waals surface area contributed by atoms with Gasteiger partial charge in [0.1, 0.15) is 0 Å². The van der Waals surface area contributed by atoms with Crippen molar-refractivity contribution in [3.8, 4) is 0 Å². The van der Waals surface area contributed by atoms with Gasteiger partial charge in [0.25, 0.3) is 0 Å². The van der Waals surface area contributed by atoms with Crippen LogP contribution in [-0.4, -0.2) is 20.7 Å². The highest BCUT2D eigenvalue weighted by molar-refractivity contribution is 7.84. The maximum Gasteiger partial charge on any atom is 0.374 e. The van der Waals surface area contributed by atoms with Gasteiger partial charge in [0.2, 0.25) is 0 Å². The van der Waals surface area contributed by atoms with Crippen molar-refractivity contribution in [3.05, 3.63) is 0 Å². The predicted molar refractivity (Wildman–Crippen MR) is 24.0 cm³/mol. The van der Waals surface area contributed by atoms with Crippen molar-refractivity contribution in [1.29, 1.82) is 0 Å². The molecule has 0 radical (unpaired) electrons. The van der Waals surface area contributed by atoms with Gasteiger partial charge in [0, 0.05) is 7.05 Å². The molecule has 0 fully saturated rings. The van der Waals surface area contributed by atoms with E-state index < -0.39 is 10.3 Å². The van der Waals surface area contributed by atoms with E-state index in [1.165, 1.54) is 7.05 Å². The van der Waals surface area contributed by atoms with Crippen molar-refractivity contribution in [2.75, 3.05) is 7.05 Å². The zero-order chi connectivity index (χ0) is 6.62. The molecule has 7 heteroatoms. The maximum absolute atomic E-state index is 9.95. The average molecular weight is 142 g/mol. The Bertz CT molecular complexity index is 138. The molecule has 0 aromatic heterocycles. The van der Waals surface area contributed by atoms with Crippen LogP contribution in [-0.2, 0) is 14.6 Å². The van der Waals surface area contributed by atoms with Crippen molar-refractivity contribution in [3.63, 3.8) is 0 Å². The minimum absolute atomic E-state index is 0.930. The minimum atomic E-state index is -3.98. The van der Waals surface area contributed by atoms with Gasteiger partial charge in [-0.25, -0.2) is 0 Å². The van der Waals surface area contributed by atoms with Crippen molar-refractivity contribution in [1.82, 2.24) is 10.4 Å². The molecule has 50 valence electrons. The van der Waals surface area contributed by atoms with Gasteiger partial charge in [0.15, 0.2) is 0 Å². The molecule has 0 saturated heterocycles. The fourth-order valence-electron chi connectivity index (χ4n) is 0.128. The molecule has 6 nitrogen and oxygen atoms in total. The van der Waals surface area contributed by atoms with Crippen LogP contribution in [0.3, 0.4) is 0 Å². The van der Waals surface area contributed by atoms with Crippen molar-refractivity contribution >= 4 is 10.3 Å². The molecular formula is CH6N2O4S. The summed E-state index contributed by atoms with van der Waals surface area (Å²) in [4.78, 5) is 0.930. The van der Waals surface area contributed by atoms with Crippen LogP contribution in [0.1, 0.15) is 0 Å². The molecule has 8 heavy (non-hydrogen) atoms. The fourth-order valence-corrected chi connectivity index (χ4v) is 0.385. The zero-order valence-corrected chi connectivity index (χ0v) is 4.90. The molecule has 0 atom stereocenters. The van der Waals surface area contributed by atoms with Crippen LogP contribution in [0.2, 0.25) is 0 Å². The summed E-state index contributed by atoms with van der Waals surface area (Å²) in [5.74, 6) is 0. The second-order valence-electron chi connectivity index (χ2n) is 0.833. The van der Waals surface area contributed by atoms with E-state index in [1.54, 1.807) is 0 Å². The lowest BCUT2D eigenvalue weighted by Crippen LogP contribution is -2.26. The second kappa shape index (κ2) is 2.95. The average Bonchev–Trinajstić information content (AvgIpc) is 1.67. The van der Waals surface area contributed by atoms with Crippen LogP contribution in [0, 0.1) is 0 Å². The van der Waals surface area contributed by atoms with Gasteiger partial charge >= 0.3 is 10.3 Å². The van der Waals surface area contributed by atoms with Crippen molar-refractivity contribution < 1.29 is 17.9 Å². The summed E-state index contributed by atoms with van der Waals surface area (Å²) in [6, 6.07) is 0. The summed E-state index contributed by atoms with van der Waals surface area (Å²) in [5.41, 5.74) is 1.85. The Labute approximate surface area is 46.6 Å². The van der Waals surface area contributed by atoms with Crippen LogP contribution >= 0.6 is 0 Å². The number of hydroxylamine groups is 1. The van der Waals surface area contributed by atoms with Crippen molar-refractivity contribution in [2.24, 2.45) is 0 Å². The lowest BCUT2D eigenvalue weighted by molar-refractivity contribution is 0.172. The molecule has 0 heterocycles. The van der Waals surface area contributed by atoms with E-state index in [1.807, 2.05) is 5.48 Å². The standard InChI is InChI=1S/CH6N2O4S/c1-2-7-8(5,6)3-4/h2-4H,1H3. The van der Waals surface area contributed by atoms with Crippen LogP contribution < -0.4 is 10.4 Å². The summed E-state index contributed by atoms with van der Waals surface area (Å²) in [6.07, 6.45) is 0. The first kappa shape index (κ1) is 7.79. The van der Waals surface area contributed by atoms with Gasteiger partial charge < -0.3 is 5.21 Å². The third kappa shape index (κ3) is 2.88. The third-order valence-corrected chi connectivity index (χ3v) is 0.915. The predicted octanol–water partition coefficient (Wildman–Crippen LogP) is -1.64. The Morgan fingerprint density at radius 3 is 2.25 bits per heavy atom. The lowest BCUT2D eigenvalue weighted by atomic mass is 11.6. The van der Waals surface area contributed by atoms with Gasteiger partial charge in [-0.3, -0.25) is 0 Å². The lowest BCUT2D eigenvalue weighted by Gasteiger charge is -1.96. The third-order valence-electron chi connectivity index (χ3n) is 0.305. The summed E-state index contributed by atoms with van der Waals surface area (Å²) in [5, 5.41) is 7.72. The molecular weight excluding hydrogens is 136 g/mol. The Balaban J connectivity index is 3.76. The van der Waals surface area contributed by atoms with Gasteiger partial charge in [-0.1, -0.05) is 4.89 Å². The molecule has 0 aliphatic heterocycles. The monoisotopic (exact) mass is 142 g/mol. The van der Waals surface area contributed by atoms with E-state index in [0.717, 1.165) is 4.89 Å². The molecule has 0 spiro atoms. The summed E-state index contributed by atoms with van der Waals surface area (Å²) in [6.45, 7) is 0. The molecule has 0 unspecified atom stereocenters. The minimum Gasteiger partial charge on any atom is -0.300 e. The van der Waals surface area contributed by atoms with E-state index in [0.29, 0.717) is 0 Å². The highest BCUT2D eigenvalue weighted by atomic mass is 32.2. The smallest absolute Gasteiger partial charge is 0.300 e. The number of hydrogen-bond donors (Lipinski definition) is 3. The molecule has 0 amide bonds. The van der Waals surface area contributed by atoms with E-state index >= 15 is 0 Å². The fraction of sp³-hybridized carbons (Fsp3) is 1.00. The molecule has 0 aliphatic rings. The molecule has 0 aromatic carbocycles. The molecule has 3 N–H and O–H groups in total. The number of rotatable bonds is 3. The summed E-state index contributed by atoms with van der Waals surface area (Å²) in [7, 11) is -2.73. The van der Waals surface area contributed by atoms with Gasteiger partial charge in [-0.2, -0.15) is 18.2 Å². The highest BCUT2D eigenvalue weighted by Gasteiger charge is 2.04. The largest absolute Gasteiger partial charge is 0.374 e. The van der Waals surface area contributed by atoms with Gasteiger partial charge in [0.05, 0.1) is 0 Å². The molecule has 0 rings (SSSR count). The van der Waals surface area contributed by atoms with Crippen LogP contribution in [0.5, 0.6) is 0 Å².